The molecule has 3 N–H and O–H groups in total. The largest absolute Gasteiger partial charge is 0.450 e. The first kappa shape index (κ1) is 25.8. The first-order chi connectivity index (χ1) is 13.8. The molecule has 2 rings (SSSR count). The van der Waals surface area contributed by atoms with Crippen molar-refractivity contribution in [3.63, 3.8) is 0 Å². The Kier molecular flexibility index (Phi) is 10.7. The van der Waals surface area contributed by atoms with Gasteiger partial charge in [-0.3, -0.25) is 9.79 Å². The van der Waals surface area contributed by atoms with E-state index in [0.717, 1.165) is 12.1 Å². The second-order valence-corrected chi connectivity index (χ2v) is 6.30. The highest BCUT2D eigenvalue weighted by molar-refractivity contribution is 14.0. The van der Waals surface area contributed by atoms with E-state index in [0.29, 0.717) is 38.5 Å². The third kappa shape index (κ3) is 7.22. The topological polar surface area (TPSA) is 95.1 Å². The summed E-state index contributed by atoms with van der Waals surface area (Å²) in [7, 11) is 1.52. The van der Waals surface area contributed by atoms with Gasteiger partial charge in [-0.2, -0.15) is 0 Å². The molecule has 0 saturated carbocycles. The molecule has 0 spiro atoms. The number of likely N-dealkylation sites (tertiary alicyclic amines) is 1. The van der Waals surface area contributed by atoms with Crippen molar-refractivity contribution in [3.8, 4) is 0 Å². The number of benzene rings is 1. The molecule has 1 aromatic rings. The Morgan fingerprint density at radius 1 is 1.20 bits per heavy atom. The van der Waals surface area contributed by atoms with E-state index in [1.54, 1.807) is 11.8 Å². The number of rotatable bonds is 5. The number of halogens is 4. The summed E-state index contributed by atoms with van der Waals surface area (Å²) in [4.78, 5) is 29.3. The summed E-state index contributed by atoms with van der Waals surface area (Å²) >= 11 is 0. The second kappa shape index (κ2) is 12.4. The molecule has 12 heteroatoms. The first-order valence-electron chi connectivity index (χ1n) is 9.17. The minimum absolute atomic E-state index is 0. The molecule has 0 radical (unpaired) electrons. The maximum atomic E-state index is 13.6. The van der Waals surface area contributed by atoms with Crippen LogP contribution in [0.25, 0.3) is 0 Å². The zero-order valence-electron chi connectivity index (χ0n) is 16.6. The van der Waals surface area contributed by atoms with Crippen molar-refractivity contribution >= 4 is 47.6 Å². The highest BCUT2D eigenvalue weighted by Crippen LogP contribution is 2.19. The molecule has 8 nitrogen and oxygen atoms in total. The summed E-state index contributed by atoms with van der Waals surface area (Å²) in [5, 5.41) is 8.08. The van der Waals surface area contributed by atoms with Crippen molar-refractivity contribution in [2.24, 2.45) is 4.99 Å². The molecule has 1 aliphatic rings. The van der Waals surface area contributed by atoms with Crippen molar-refractivity contribution in [1.29, 1.82) is 0 Å². The monoisotopic (exact) mass is 543 g/mol. The second-order valence-electron chi connectivity index (χ2n) is 6.30. The van der Waals surface area contributed by atoms with Gasteiger partial charge in [0.25, 0.3) is 0 Å². The summed E-state index contributed by atoms with van der Waals surface area (Å²) in [6, 6.07) is 1.71. The van der Waals surface area contributed by atoms with E-state index >= 15 is 0 Å². The number of anilines is 1. The maximum Gasteiger partial charge on any atom is 0.409 e. The summed E-state index contributed by atoms with van der Waals surface area (Å²) < 4.78 is 44.7. The summed E-state index contributed by atoms with van der Waals surface area (Å²) in [6.45, 7) is 2.87. The lowest BCUT2D eigenvalue weighted by Crippen LogP contribution is -2.50. The van der Waals surface area contributed by atoms with Crippen molar-refractivity contribution in [2.75, 3.05) is 38.6 Å². The number of carbonyl (C=O) groups is 2. The maximum absolute atomic E-state index is 13.6. The van der Waals surface area contributed by atoms with Gasteiger partial charge in [0.1, 0.15) is 0 Å². The molecule has 2 amide bonds. The number of ether oxygens (including phenoxy) is 1. The number of hydrogen-bond donors (Lipinski definition) is 3. The van der Waals surface area contributed by atoms with E-state index in [4.69, 9.17) is 4.74 Å². The van der Waals surface area contributed by atoms with Crippen LogP contribution in [0.1, 0.15) is 19.8 Å². The third-order valence-corrected chi connectivity index (χ3v) is 4.31. The minimum atomic E-state index is -1.65. The van der Waals surface area contributed by atoms with Crippen molar-refractivity contribution in [2.45, 2.75) is 25.8 Å². The molecular formula is C18H25F3IN5O3. The van der Waals surface area contributed by atoms with Crippen LogP contribution in [0.2, 0.25) is 0 Å². The average molecular weight is 543 g/mol. The number of guanidine groups is 1. The molecule has 0 aromatic heterocycles. The lowest BCUT2D eigenvalue weighted by atomic mass is 10.1. The summed E-state index contributed by atoms with van der Waals surface area (Å²) in [6.07, 6.45) is 1.01. The van der Waals surface area contributed by atoms with Gasteiger partial charge in [-0.05, 0) is 31.9 Å². The van der Waals surface area contributed by atoms with Gasteiger partial charge in [0.15, 0.2) is 23.4 Å². The molecule has 1 saturated heterocycles. The number of carbonyl (C=O) groups excluding carboxylic acids is 2. The number of nitrogens with one attached hydrogen (secondary N) is 3. The van der Waals surface area contributed by atoms with Gasteiger partial charge in [-0.15, -0.1) is 24.0 Å². The fraction of sp³-hybridized carbons (Fsp3) is 0.500. The molecule has 30 heavy (non-hydrogen) atoms. The van der Waals surface area contributed by atoms with Crippen LogP contribution >= 0.6 is 24.0 Å². The van der Waals surface area contributed by atoms with Crippen LogP contribution < -0.4 is 16.0 Å². The van der Waals surface area contributed by atoms with Gasteiger partial charge in [0.05, 0.1) is 18.8 Å². The zero-order valence-corrected chi connectivity index (χ0v) is 19.0. The van der Waals surface area contributed by atoms with Gasteiger partial charge in [0.2, 0.25) is 5.91 Å². The summed E-state index contributed by atoms with van der Waals surface area (Å²) in [5.74, 6) is -4.76. The van der Waals surface area contributed by atoms with Crippen LogP contribution in [0.5, 0.6) is 0 Å². The molecule has 1 fully saturated rings. The van der Waals surface area contributed by atoms with Gasteiger partial charge in [-0.25, -0.2) is 18.0 Å². The van der Waals surface area contributed by atoms with Crippen LogP contribution in [0.15, 0.2) is 17.1 Å². The van der Waals surface area contributed by atoms with Gasteiger partial charge in [0, 0.05) is 26.2 Å². The number of aliphatic imine (C=N–C) groups is 1. The van der Waals surface area contributed by atoms with E-state index in [9.17, 15) is 22.8 Å². The van der Waals surface area contributed by atoms with Gasteiger partial charge < -0.3 is 25.6 Å². The molecule has 0 bridgehead atoms. The molecule has 168 valence electrons. The number of piperidine rings is 1. The van der Waals surface area contributed by atoms with Crippen molar-refractivity contribution in [3.05, 3.63) is 29.6 Å². The van der Waals surface area contributed by atoms with E-state index < -0.39 is 29.0 Å². The Labute approximate surface area is 189 Å². The SMILES string of the molecule is CCOC(=O)N1CCC(NC(=NC)NCC(=O)Nc2ccc(F)c(F)c2F)CC1.I. The number of nitrogens with zero attached hydrogens (tertiary/aromatic N) is 2. The Hall–Kier alpha value is -2.25. The lowest BCUT2D eigenvalue weighted by molar-refractivity contribution is -0.115. The van der Waals surface area contributed by atoms with Crippen molar-refractivity contribution in [1.82, 2.24) is 15.5 Å². The van der Waals surface area contributed by atoms with Crippen LogP contribution in [-0.4, -0.2) is 62.2 Å². The Morgan fingerprint density at radius 2 is 1.87 bits per heavy atom. The quantitative estimate of drug-likeness (QED) is 0.230. The van der Waals surface area contributed by atoms with E-state index in [1.165, 1.54) is 7.05 Å². The number of hydrogen-bond acceptors (Lipinski definition) is 4. The normalized spacial score (nSPS) is 14.6. The van der Waals surface area contributed by atoms with Gasteiger partial charge in [-0.1, -0.05) is 0 Å². The average Bonchev–Trinajstić information content (AvgIpc) is 2.72. The predicted molar refractivity (Wildman–Crippen MR) is 116 cm³/mol. The summed E-state index contributed by atoms with van der Waals surface area (Å²) in [5.41, 5.74) is -0.454. The molecule has 1 heterocycles. The van der Waals surface area contributed by atoms with Crippen LogP contribution in [0.3, 0.4) is 0 Å². The molecular weight excluding hydrogens is 518 g/mol. The molecule has 1 aromatic carbocycles. The van der Waals surface area contributed by atoms with E-state index in [1.807, 2.05) is 0 Å². The van der Waals surface area contributed by atoms with E-state index in [-0.39, 0.29) is 42.7 Å². The molecule has 0 unspecified atom stereocenters. The smallest absolute Gasteiger partial charge is 0.409 e. The third-order valence-electron chi connectivity index (χ3n) is 4.31. The van der Waals surface area contributed by atoms with Crippen molar-refractivity contribution < 1.29 is 27.5 Å². The standard InChI is InChI=1S/C18H24F3N5O3.HI/c1-3-29-18(28)26-8-6-11(7-9-26)24-17(22-2)23-10-14(27)25-13-5-4-12(19)15(20)16(13)21;/h4-5,11H,3,6-10H2,1-2H3,(H,25,27)(H2,22,23,24);1H. The Bertz CT molecular complexity index is 774. The molecule has 1 aliphatic heterocycles. The van der Waals surface area contributed by atoms with Crippen LogP contribution in [-0.2, 0) is 9.53 Å². The first-order valence-corrected chi connectivity index (χ1v) is 9.17. The van der Waals surface area contributed by atoms with Gasteiger partial charge >= 0.3 is 6.09 Å². The Balaban J connectivity index is 0.00000450. The van der Waals surface area contributed by atoms with Crippen LogP contribution in [0, 0.1) is 17.5 Å². The minimum Gasteiger partial charge on any atom is -0.450 e. The van der Waals surface area contributed by atoms with Crippen LogP contribution in [0.4, 0.5) is 23.7 Å². The van der Waals surface area contributed by atoms with E-state index in [2.05, 4.69) is 20.9 Å². The highest BCUT2D eigenvalue weighted by atomic mass is 127. The lowest BCUT2D eigenvalue weighted by Gasteiger charge is -2.32. The fourth-order valence-corrected chi connectivity index (χ4v) is 2.79. The predicted octanol–water partition coefficient (Wildman–Crippen LogP) is 2.45. The zero-order chi connectivity index (χ0) is 21.4. The number of amides is 2. The molecule has 0 atom stereocenters. The fourth-order valence-electron chi connectivity index (χ4n) is 2.79. The Morgan fingerprint density at radius 3 is 2.47 bits per heavy atom. The highest BCUT2D eigenvalue weighted by Gasteiger charge is 2.24. The molecule has 0 aliphatic carbocycles.